The van der Waals surface area contributed by atoms with Crippen LogP contribution in [0.25, 0.3) is 0 Å². The summed E-state index contributed by atoms with van der Waals surface area (Å²) in [7, 11) is 0. The fourth-order valence-electron chi connectivity index (χ4n) is 2.08. The van der Waals surface area contributed by atoms with Gasteiger partial charge in [0.2, 0.25) is 5.91 Å². The number of hydrogen-bond acceptors (Lipinski definition) is 3. The quantitative estimate of drug-likeness (QED) is 0.816. The van der Waals surface area contributed by atoms with Gasteiger partial charge in [-0.25, -0.2) is 0 Å². The summed E-state index contributed by atoms with van der Waals surface area (Å²) in [5, 5.41) is 7.34. The largest absolute Gasteiger partial charge is 0.325 e. The fraction of sp³-hybridized carbons (Fsp3) is 0.533. The highest BCUT2D eigenvalue weighted by Gasteiger charge is 2.29. The fourth-order valence-corrected chi connectivity index (χ4v) is 3.15. The summed E-state index contributed by atoms with van der Waals surface area (Å²) >= 11 is 7.78. The Kier molecular flexibility index (Phi) is 5.35. The van der Waals surface area contributed by atoms with Crippen molar-refractivity contribution in [2.45, 2.75) is 30.9 Å². The van der Waals surface area contributed by atoms with Crippen LogP contribution in [0.5, 0.6) is 0 Å². The first-order chi connectivity index (χ1) is 9.47. The van der Waals surface area contributed by atoms with Gasteiger partial charge in [0.15, 0.2) is 0 Å². The zero-order chi connectivity index (χ0) is 14.7. The molecule has 1 unspecified atom stereocenters. The van der Waals surface area contributed by atoms with Crippen molar-refractivity contribution in [3.8, 4) is 0 Å². The number of carbonyl (C=O) groups excluding carboxylic acids is 1. The van der Waals surface area contributed by atoms with Gasteiger partial charge in [0, 0.05) is 21.1 Å². The molecule has 0 spiro atoms. The lowest BCUT2D eigenvalue weighted by Crippen LogP contribution is -2.48. The molecular weight excluding hydrogens is 292 g/mol. The Balaban J connectivity index is 2.10. The first-order valence-electron chi connectivity index (χ1n) is 6.95. The van der Waals surface area contributed by atoms with E-state index in [0.29, 0.717) is 16.2 Å². The van der Waals surface area contributed by atoms with Crippen molar-refractivity contribution in [3.63, 3.8) is 0 Å². The van der Waals surface area contributed by atoms with E-state index in [9.17, 15) is 4.79 Å². The second-order valence-electron chi connectivity index (χ2n) is 5.50. The first kappa shape index (κ1) is 15.7. The van der Waals surface area contributed by atoms with E-state index >= 15 is 0 Å². The predicted octanol–water partition coefficient (Wildman–Crippen LogP) is 3.63. The SMILES string of the molecule is CC(C)Sc1ccc(Cl)cc1NC(=O)C(C)C1CNC1. The molecule has 0 saturated carbocycles. The first-order valence-corrected chi connectivity index (χ1v) is 8.21. The molecule has 1 aliphatic rings. The zero-order valence-electron chi connectivity index (χ0n) is 12.1. The Morgan fingerprint density at radius 1 is 1.40 bits per heavy atom. The molecular formula is C15H21ClN2OS. The Bertz CT molecular complexity index is 489. The van der Waals surface area contributed by atoms with E-state index in [0.717, 1.165) is 23.7 Å². The molecule has 1 aromatic carbocycles. The van der Waals surface area contributed by atoms with Crippen molar-refractivity contribution in [1.82, 2.24) is 5.32 Å². The van der Waals surface area contributed by atoms with Gasteiger partial charge in [0.25, 0.3) is 0 Å². The van der Waals surface area contributed by atoms with Crippen LogP contribution in [0.4, 0.5) is 5.69 Å². The van der Waals surface area contributed by atoms with Crippen LogP contribution in [-0.4, -0.2) is 24.2 Å². The van der Waals surface area contributed by atoms with Crippen molar-refractivity contribution in [1.29, 1.82) is 0 Å². The summed E-state index contributed by atoms with van der Waals surface area (Å²) in [6.45, 7) is 8.11. The Morgan fingerprint density at radius 2 is 2.10 bits per heavy atom. The zero-order valence-corrected chi connectivity index (χ0v) is 13.6. The molecule has 0 aromatic heterocycles. The lowest BCUT2D eigenvalue weighted by atomic mass is 9.88. The van der Waals surface area contributed by atoms with E-state index in [4.69, 9.17) is 11.6 Å². The third kappa shape index (κ3) is 3.90. The average Bonchev–Trinajstić information content (AvgIpc) is 2.29. The molecule has 1 heterocycles. The smallest absolute Gasteiger partial charge is 0.227 e. The van der Waals surface area contributed by atoms with Crippen LogP contribution in [0, 0.1) is 11.8 Å². The maximum atomic E-state index is 12.3. The summed E-state index contributed by atoms with van der Waals surface area (Å²) < 4.78 is 0. The predicted molar refractivity (Wildman–Crippen MR) is 86.6 cm³/mol. The van der Waals surface area contributed by atoms with Crippen LogP contribution in [-0.2, 0) is 4.79 Å². The van der Waals surface area contributed by atoms with Crippen molar-refractivity contribution in [2.24, 2.45) is 11.8 Å². The number of amides is 1. The molecule has 2 N–H and O–H groups in total. The monoisotopic (exact) mass is 312 g/mol. The van der Waals surface area contributed by atoms with Crippen LogP contribution < -0.4 is 10.6 Å². The van der Waals surface area contributed by atoms with Crippen LogP contribution in [0.15, 0.2) is 23.1 Å². The average molecular weight is 313 g/mol. The summed E-state index contributed by atoms with van der Waals surface area (Å²) in [6.07, 6.45) is 0. The van der Waals surface area contributed by atoms with Crippen LogP contribution >= 0.6 is 23.4 Å². The Labute approximate surface area is 129 Å². The van der Waals surface area contributed by atoms with E-state index in [-0.39, 0.29) is 11.8 Å². The molecule has 1 fully saturated rings. The van der Waals surface area contributed by atoms with Gasteiger partial charge in [-0.05, 0) is 37.2 Å². The van der Waals surface area contributed by atoms with Gasteiger partial charge in [0.05, 0.1) is 5.69 Å². The number of benzene rings is 1. The molecule has 5 heteroatoms. The number of anilines is 1. The molecule has 1 aliphatic heterocycles. The van der Waals surface area contributed by atoms with Crippen molar-refractivity contribution in [2.75, 3.05) is 18.4 Å². The molecule has 0 aliphatic carbocycles. The molecule has 0 bridgehead atoms. The second kappa shape index (κ2) is 6.83. The molecule has 20 heavy (non-hydrogen) atoms. The lowest BCUT2D eigenvalue weighted by molar-refractivity contribution is -0.121. The molecule has 1 amide bonds. The molecule has 1 saturated heterocycles. The molecule has 110 valence electrons. The number of halogens is 1. The summed E-state index contributed by atoms with van der Waals surface area (Å²) in [5.41, 5.74) is 0.820. The van der Waals surface area contributed by atoms with Gasteiger partial charge in [-0.3, -0.25) is 4.79 Å². The van der Waals surface area contributed by atoms with Crippen molar-refractivity contribution >= 4 is 35.0 Å². The van der Waals surface area contributed by atoms with Crippen LogP contribution in [0.3, 0.4) is 0 Å². The minimum atomic E-state index is 0.0205. The molecule has 3 nitrogen and oxygen atoms in total. The molecule has 1 atom stereocenters. The standard InChI is InChI=1S/C15H21ClN2OS/c1-9(2)20-14-5-4-12(16)6-13(14)18-15(19)10(3)11-7-17-8-11/h4-6,9-11,17H,7-8H2,1-3H3,(H,18,19). The molecule has 2 rings (SSSR count). The third-order valence-electron chi connectivity index (χ3n) is 3.50. The van der Waals surface area contributed by atoms with E-state index in [1.165, 1.54) is 0 Å². The highest BCUT2D eigenvalue weighted by molar-refractivity contribution is 8.00. The minimum Gasteiger partial charge on any atom is -0.325 e. The van der Waals surface area contributed by atoms with Gasteiger partial charge in [0.1, 0.15) is 0 Å². The van der Waals surface area contributed by atoms with E-state index in [2.05, 4.69) is 24.5 Å². The summed E-state index contributed by atoms with van der Waals surface area (Å²) in [5.74, 6) is 0.534. The highest BCUT2D eigenvalue weighted by atomic mass is 35.5. The molecule has 1 aromatic rings. The number of carbonyl (C=O) groups is 1. The highest BCUT2D eigenvalue weighted by Crippen LogP contribution is 2.33. The summed E-state index contributed by atoms with van der Waals surface area (Å²) in [6, 6.07) is 5.66. The van der Waals surface area contributed by atoms with Crippen LogP contribution in [0.2, 0.25) is 5.02 Å². The van der Waals surface area contributed by atoms with E-state index < -0.39 is 0 Å². The van der Waals surface area contributed by atoms with E-state index in [1.807, 2.05) is 25.1 Å². The normalized spacial score (nSPS) is 16.9. The number of thioether (sulfide) groups is 1. The second-order valence-corrected chi connectivity index (χ2v) is 7.56. The summed E-state index contributed by atoms with van der Waals surface area (Å²) in [4.78, 5) is 13.4. The topological polar surface area (TPSA) is 41.1 Å². The van der Waals surface area contributed by atoms with E-state index in [1.54, 1.807) is 11.8 Å². The van der Waals surface area contributed by atoms with Gasteiger partial charge >= 0.3 is 0 Å². The maximum absolute atomic E-state index is 12.3. The number of hydrogen-bond donors (Lipinski definition) is 2. The van der Waals surface area contributed by atoms with Gasteiger partial charge in [-0.2, -0.15) is 0 Å². The van der Waals surface area contributed by atoms with Crippen molar-refractivity contribution < 1.29 is 4.79 Å². The Morgan fingerprint density at radius 3 is 2.65 bits per heavy atom. The van der Waals surface area contributed by atoms with Gasteiger partial charge < -0.3 is 10.6 Å². The van der Waals surface area contributed by atoms with Crippen LogP contribution in [0.1, 0.15) is 20.8 Å². The lowest BCUT2D eigenvalue weighted by Gasteiger charge is -2.31. The third-order valence-corrected chi connectivity index (χ3v) is 4.81. The van der Waals surface area contributed by atoms with Crippen molar-refractivity contribution in [3.05, 3.63) is 23.2 Å². The number of nitrogens with one attached hydrogen (secondary N) is 2. The Hall–Kier alpha value is -0.710. The molecule has 0 radical (unpaired) electrons. The van der Waals surface area contributed by atoms with Gasteiger partial charge in [-0.1, -0.05) is 32.4 Å². The minimum absolute atomic E-state index is 0.0205. The van der Waals surface area contributed by atoms with Gasteiger partial charge in [-0.15, -0.1) is 11.8 Å². The maximum Gasteiger partial charge on any atom is 0.227 e. The number of rotatable bonds is 5.